The number of para-hydroxylation sites is 1. The summed E-state index contributed by atoms with van der Waals surface area (Å²) in [5, 5.41) is 1.50. The predicted molar refractivity (Wildman–Crippen MR) is 117 cm³/mol. The number of carbonyl (C=O) groups excluding carboxylic acids is 1. The first-order valence-corrected chi connectivity index (χ1v) is 9.68. The number of amidine groups is 1. The fraction of sp³-hybridized carbons (Fsp3) is 0.0435. The average molecular weight is 432 g/mol. The molecule has 1 N–H and O–H groups in total. The SMILES string of the molecule is Cc1ccc(C2=NC(=Cc3ccc(Br)cc3)C(=O)N2Nc2ccccc2)cc1. The van der Waals surface area contributed by atoms with Gasteiger partial charge in [-0.25, -0.2) is 4.99 Å². The highest BCUT2D eigenvalue weighted by molar-refractivity contribution is 9.10. The number of nitrogens with one attached hydrogen (secondary N) is 1. The second kappa shape index (κ2) is 7.82. The van der Waals surface area contributed by atoms with Crippen molar-refractivity contribution in [3.8, 4) is 0 Å². The number of hydrazine groups is 1. The first-order chi connectivity index (χ1) is 13.6. The number of carbonyl (C=O) groups is 1. The Morgan fingerprint density at radius 3 is 2.29 bits per heavy atom. The molecule has 3 aromatic rings. The van der Waals surface area contributed by atoms with Gasteiger partial charge in [0, 0.05) is 10.0 Å². The first-order valence-electron chi connectivity index (χ1n) is 8.89. The molecule has 5 heteroatoms. The average Bonchev–Trinajstić information content (AvgIpc) is 3.01. The number of aliphatic imine (C=N–C) groups is 1. The number of amides is 1. The van der Waals surface area contributed by atoms with Crippen LogP contribution in [0.1, 0.15) is 16.7 Å². The molecule has 138 valence electrons. The Hall–Kier alpha value is -3.18. The van der Waals surface area contributed by atoms with Gasteiger partial charge in [0.25, 0.3) is 5.91 Å². The number of benzene rings is 3. The number of hydrogen-bond acceptors (Lipinski definition) is 3. The Morgan fingerprint density at radius 2 is 1.61 bits per heavy atom. The van der Waals surface area contributed by atoms with E-state index in [0.29, 0.717) is 11.5 Å². The van der Waals surface area contributed by atoms with Gasteiger partial charge in [0.2, 0.25) is 0 Å². The third-order valence-electron chi connectivity index (χ3n) is 4.36. The number of anilines is 1. The van der Waals surface area contributed by atoms with Gasteiger partial charge in [-0.3, -0.25) is 10.2 Å². The van der Waals surface area contributed by atoms with Crippen molar-refractivity contribution in [1.29, 1.82) is 0 Å². The van der Waals surface area contributed by atoms with Crippen LogP contribution in [0.25, 0.3) is 6.08 Å². The topological polar surface area (TPSA) is 44.7 Å². The zero-order chi connectivity index (χ0) is 19.5. The van der Waals surface area contributed by atoms with E-state index in [-0.39, 0.29) is 5.91 Å². The van der Waals surface area contributed by atoms with Crippen LogP contribution in [0.15, 0.2) is 94.0 Å². The third kappa shape index (κ3) is 3.89. The van der Waals surface area contributed by atoms with Gasteiger partial charge in [0.05, 0.1) is 5.69 Å². The van der Waals surface area contributed by atoms with Crippen molar-refractivity contribution in [1.82, 2.24) is 5.01 Å². The molecule has 0 aromatic heterocycles. The van der Waals surface area contributed by atoms with Crippen molar-refractivity contribution in [3.05, 3.63) is 106 Å². The summed E-state index contributed by atoms with van der Waals surface area (Å²) in [6.07, 6.45) is 1.80. The maximum Gasteiger partial charge on any atom is 0.297 e. The van der Waals surface area contributed by atoms with E-state index in [2.05, 4.69) is 26.3 Å². The molecule has 1 aliphatic rings. The van der Waals surface area contributed by atoms with E-state index in [1.54, 1.807) is 6.08 Å². The third-order valence-corrected chi connectivity index (χ3v) is 4.89. The summed E-state index contributed by atoms with van der Waals surface area (Å²) in [6.45, 7) is 2.03. The Labute approximate surface area is 172 Å². The quantitative estimate of drug-likeness (QED) is 0.560. The second-order valence-electron chi connectivity index (χ2n) is 6.50. The molecule has 28 heavy (non-hydrogen) atoms. The minimum Gasteiger partial charge on any atom is -0.290 e. The second-order valence-corrected chi connectivity index (χ2v) is 7.42. The van der Waals surface area contributed by atoms with E-state index < -0.39 is 0 Å². The number of hydrogen-bond donors (Lipinski definition) is 1. The largest absolute Gasteiger partial charge is 0.297 e. The van der Waals surface area contributed by atoms with Crippen molar-refractivity contribution in [2.24, 2.45) is 4.99 Å². The molecular weight excluding hydrogens is 414 g/mol. The van der Waals surface area contributed by atoms with E-state index >= 15 is 0 Å². The molecule has 0 saturated heterocycles. The number of aryl methyl sites for hydroxylation is 1. The van der Waals surface area contributed by atoms with E-state index in [9.17, 15) is 4.79 Å². The molecule has 0 spiro atoms. The van der Waals surface area contributed by atoms with Crippen LogP contribution in [-0.4, -0.2) is 16.8 Å². The molecular formula is C23H18BrN3O. The molecule has 0 fully saturated rings. The minimum absolute atomic E-state index is 0.192. The normalized spacial score (nSPS) is 15.1. The van der Waals surface area contributed by atoms with E-state index in [4.69, 9.17) is 0 Å². The zero-order valence-electron chi connectivity index (χ0n) is 15.3. The van der Waals surface area contributed by atoms with Gasteiger partial charge in [-0.1, -0.05) is 76.1 Å². The smallest absolute Gasteiger partial charge is 0.290 e. The molecule has 4 rings (SSSR count). The standard InChI is InChI=1S/C23H18BrN3O/c1-16-7-11-18(12-8-16)22-25-21(15-17-9-13-19(24)14-10-17)23(28)27(22)26-20-5-3-2-4-6-20/h2-15,26H,1H3. The molecule has 3 aromatic carbocycles. The molecule has 0 atom stereocenters. The van der Waals surface area contributed by atoms with Crippen LogP contribution in [0.5, 0.6) is 0 Å². The van der Waals surface area contributed by atoms with Crippen LogP contribution in [0, 0.1) is 6.92 Å². The van der Waals surface area contributed by atoms with Gasteiger partial charge in [-0.2, -0.15) is 5.01 Å². The monoisotopic (exact) mass is 431 g/mol. The highest BCUT2D eigenvalue weighted by atomic mass is 79.9. The summed E-state index contributed by atoms with van der Waals surface area (Å²) < 4.78 is 0.989. The minimum atomic E-state index is -0.192. The van der Waals surface area contributed by atoms with Gasteiger partial charge in [0.1, 0.15) is 5.70 Å². The number of rotatable bonds is 4. The van der Waals surface area contributed by atoms with Crippen LogP contribution in [0.3, 0.4) is 0 Å². The van der Waals surface area contributed by atoms with Crippen LogP contribution in [0.4, 0.5) is 5.69 Å². The number of nitrogens with zero attached hydrogens (tertiary/aromatic N) is 2. The number of halogens is 1. The van der Waals surface area contributed by atoms with Crippen molar-refractivity contribution in [2.45, 2.75) is 6.92 Å². The highest BCUT2D eigenvalue weighted by Gasteiger charge is 2.31. The summed E-state index contributed by atoms with van der Waals surface area (Å²) in [5.74, 6) is 0.388. The van der Waals surface area contributed by atoms with E-state index in [1.807, 2.05) is 85.8 Å². The Morgan fingerprint density at radius 1 is 0.929 bits per heavy atom. The Bertz CT molecular complexity index is 1060. The zero-order valence-corrected chi connectivity index (χ0v) is 16.8. The molecule has 0 aliphatic carbocycles. The summed E-state index contributed by atoms with van der Waals surface area (Å²) in [7, 11) is 0. The fourth-order valence-corrected chi connectivity index (χ4v) is 3.14. The lowest BCUT2D eigenvalue weighted by molar-refractivity contribution is -0.121. The highest BCUT2D eigenvalue weighted by Crippen LogP contribution is 2.24. The molecule has 0 radical (unpaired) electrons. The molecule has 1 heterocycles. The van der Waals surface area contributed by atoms with Gasteiger partial charge < -0.3 is 0 Å². The molecule has 1 aliphatic heterocycles. The summed E-state index contributed by atoms with van der Waals surface area (Å²) in [4.78, 5) is 17.7. The molecule has 0 saturated carbocycles. The van der Waals surface area contributed by atoms with Crippen LogP contribution in [0.2, 0.25) is 0 Å². The fourth-order valence-electron chi connectivity index (χ4n) is 2.88. The lowest BCUT2D eigenvalue weighted by atomic mass is 10.1. The first kappa shape index (κ1) is 18.2. The van der Waals surface area contributed by atoms with Crippen molar-refractivity contribution in [2.75, 3.05) is 5.43 Å². The maximum atomic E-state index is 13.1. The lowest BCUT2D eigenvalue weighted by Gasteiger charge is -2.20. The van der Waals surface area contributed by atoms with Crippen LogP contribution in [-0.2, 0) is 4.79 Å². The summed E-state index contributed by atoms with van der Waals surface area (Å²) >= 11 is 3.43. The maximum absolute atomic E-state index is 13.1. The molecule has 4 nitrogen and oxygen atoms in total. The van der Waals surface area contributed by atoms with Gasteiger partial charge in [0.15, 0.2) is 5.84 Å². The van der Waals surface area contributed by atoms with Gasteiger partial charge >= 0.3 is 0 Å². The van der Waals surface area contributed by atoms with Crippen molar-refractivity contribution in [3.63, 3.8) is 0 Å². The van der Waals surface area contributed by atoms with Gasteiger partial charge in [-0.15, -0.1) is 0 Å². The molecule has 0 unspecified atom stereocenters. The Kier molecular flexibility index (Phi) is 5.08. The Balaban J connectivity index is 1.73. The lowest BCUT2D eigenvalue weighted by Crippen LogP contribution is -2.37. The molecule has 1 amide bonds. The summed E-state index contributed by atoms with van der Waals surface area (Å²) in [6, 6.07) is 25.3. The van der Waals surface area contributed by atoms with Crippen molar-refractivity contribution >= 4 is 39.4 Å². The predicted octanol–water partition coefficient (Wildman–Crippen LogP) is 5.41. The van der Waals surface area contributed by atoms with E-state index in [0.717, 1.165) is 26.9 Å². The molecule has 0 bridgehead atoms. The van der Waals surface area contributed by atoms with Crippen molar-refractivity contribution < 1.29 is 4.79 Å². The van der Waals surface area contributed by atoms with Crippen LogP contribution >= 0.6 is 15.9 Å². The van der Waals surface area contributed by atoms with E-state index in [1.165, 1.54) is 5.01 Å². The van der Waals surface area contributed by atoms with Crippen LogP contribution < -0.4 is 5.43 Å². The van der Waals surface area contributed by atoms with Gasteiger partial charge in [-0.05, 0) is 42.8 Å². The summed E-state index contributed by atoms with van der Waals surface area (Å²) in [5.41, 5.74) is 7.34.